The second-order valence-electron chi connectivity index (χ2n) is 9.01. The first-order valence-corrected chi connectivity index (χ1v) is 11.7. The predicted octanol–water partition coefficient (Wildman–Crippen LogP) is 3.95. The Morgan fingerprint density at radius 2 is 1.53 bits per heavy atom. The van der Waals surface area contributed by atoms with E-state index in [9.17, 15) is 19.2 Å². The van der Waals surface area contributed by atoms with Crippen molar-refractivity contribution in [2.24, 2.45) is 0 Å². The van der Waals surface area contributed by atoms with Crippen LogP contribution in [0.3, 0.4) is 0 Å². The van der Waals surface area contributed by atoms with Gasteiger partial charge in [-0.05, 0) is 54.3 Å². The molecule has 2 amide bonds. The van der Waals surface area contributed by atoms with Gasteiger partial charge in [0.15, 0.2) is 12.4 Å². The number of carbonyl (C=O) groups is 4. The largest absolute Gasteiger partial charge is 0.482 e. The van der Waals surface area contributed by atoms with Crippen molar-refractivity contribution in [3.05, 3.63) is 94.5 Å². The van der Waals surface area contributed by atoms with Gasteiger partial charge < -0.3 is 20.1 Å². The van der Waals surface area contributed by atoms with Crippen LogP contribution < -0.4 is 10.1 Å². The Hall–Kier alpha value is -4.46. The molecule has 0 atom stereocenters. The maximum absolute atomic E-state index is 13.3. The van der Waals surface area contributed by atoms with E-state index >= 15 is 0 Å². The van der Waals surface area contributed by atoms with Crippen LogP contribution in [-0.4, -0.2) is 46.2 Å². The second kappa shape index (κ2) is 9.65. The fourth-order valence-corrected chi connectivity index (χ4v) is 4.17. The Kier molecular flexibility index (Phi) is 6.25. The van der Waals surface area contributed by atoms with Gasteiger partial charge in [-0.1, -0.05) is 36.4 Å². The maximum Gasteiger partial charge on any atom is 0.335 e. The minimum atomic E-state index is -1.00. The molecule has 1 aliphatic carbocycles. The summed E-state index contributed by atoms with van der Waals surface area (Å²) in [5, 5.41) is 11.7. The zero-order chi connectivity index (χ0) is 25.2. The normalized spacial score (nSPS) is 14.3. The SMILES string of the molecule is O=C1COc2cc(C(=O)N(Cc3ccc(C(=O)Cc4ccc(C(=O)O)cc4)cc3)C3CC3)ccc2N1. The molecule has 0 spiro atoms. The van der Waals surface area contributed by atoms with Gasteiger partial charge in [-0.25, -0.2) is 4.79 Å². The second-order valence-corrected chi connectivity index (χ2v) is 9.01. The number of ketones is 1. The average molecular weight is 485 g/mol. The molecule has 1 heterocycles. The third-order valence-corrected chi connectivity index (χ3v) is 6.30. The predicted molar refractivity (Wildman–Crippen MR) is 131 cm³/mol. The van der Waals surface area contributed by atoms with Crippen LogP contribution >= 0.6 is 0 Å². The molecule has 0 aromatic heterocycles. The van der Waals surface area contributed by atoms with Gasteiger partial charge >= 0.3 is 5.97 Å². The summed E-state index contributed by atoms with van der Waals surface area (Å²) < 4.78 is 5.45. The van der Waals surface area contributed by atoms with Crippen LogP contribution in [0.25, 0.3) is 0 Å². The highest BCUT2D eigenvalue weighted by Crippen LogP contribution is 2.33. The van der Waals surface area contributed by atoms with Crippen molar-refractivity contribution < 1.29 is 29.0 Å². The first-order valence-electron chi connectivity index (χ1n) is 11.7. The van der Waals surface area contributed by atoms with Crippen LogP contribution in [0.2, 0.25) is 0 Å². The molecule has 0 radical (unpaired) electrons. The molecule has 5 rings (SSSR count). The maximum atomic E-state index is 13.3. The third-order valence-electron chi connectivity index (χ3n) is 6.30. The molecule has 8 nitrogen and oxygen atoms in total. The Labute approximate surface area is 207 Å². The van der Waals surface area contributed by atoms with E-state index < -0.39 is 5.97 Å². The number of Topliss-reactive ketones (excluding diaryl/α,β-unsaturated/α-hetero) is 1. The minimum absolute atomic E-state index is 0.0686. The van der Waals surface area contributed by atoms with E-state index in [4.69, 9.17) is 9.84 Å². The molecule has 3 aromatic carbocycles. The number of rotatable bonds is 8. The molecule has 0 saturated heterocycles. The van der Waals surface area contributed by atoms with E-state index in [1.165, 1.54) is 12.1 Å². The number of nitrogens with zero attached hydrogens (tertiary/aromatic N) is 1. The molecule has 1 saturated carbocycles. The van der Waals surface area contributed by atoms with E-state index in [1.807, 2.05) is 17.0 Å². The molecule has 0 bridgehead atoms. The monoisotopic (exact) mass is 484 g/mol. The van der Waals surface area contributed by atoms with Crippen LogP contribution in [0, 0.1) is 0 Å². The first kappa shape index (κ1) is 23.3. The van der Waals surface area contributed by atoms with Gasteiger partial charge in [-0.3, -0.25) is 14.4 Å². The summed E-state index contributed by atoms with van der Waals surface area (Å²) in [5.74, 6) is -0.918. The number of hydrogen-bond acceptors (Lipinski definition) is 5. The minimum Gasteiger partial charge on any atom is -0.482 e. The number of ether oxygens (including phenoxy) is 1. The molecular formula is C28H24N2O6. The van der Waals surface area contributed by atoms with Crippen molar-refractivity contribution in [1.82, 2.24) is 4.90 Å². The lowest BCUT2D eigenvalue weighted by molar-refractivity contribution is -0.118. The van der Waals surface area contributed by atoms with Gasteiger partial charge in [-0.15, -0.1) is 0 Å². The highest BCUT2D eigenvalue weighted by Gasteiger charge is 2.33. The third kappa shape index (κ3) is 5.12. The first-order chi connectivity index (χ1) is 17.4. The smallest absolute Gasteiger partial charge is 0.335 e. The summed E-state index contributed by atoms with van der Waals surface area (Å²) in [4.78, 5) is 50.3. The number of nitrogens with one attached hydrogen (secondary N) is 1. The summed E-state index contributed by atoms with van der Waals surface area (Å²) in [6.45, 7) is 0.346. The summed E-state index contributed by atoms with van der Waals surface area (Å²) in [5.41, 5.74) is 3.45. The van der Waals surface area contributed by atoms with Gasteiger partial charge in [0.25, 0.3) is 11.8 Å². The summed E-state index contributed by atoms with van der Waals surface area (Å²) in [6, 6.07) is 18.7. The Morgan fingerprint density at radius 1 is 0.889 bits per heavy atom. The number of carboxylic acids is 1. The molecule has 3 aromatic rings. The van der Waals surface area contributed by atoms with Crippen LogP contribution in [0.1, 0.15) is 55.0 Å². The Balaban J connectivity index is 1.25. The molecule has 8 heteroatoms. The lowest BCUT2D eigenvalue weighted by Crippen LogP contribution is -2.33. The number of amides is 2. The van der Waals surface area contributed by atoms with E-state index in [-0.39, 0.29) is 42.2 Å². The van der Waals surface area contributed by atoms with E-state index in [2.05, 4.69) is 5.32 Å². The van der Waals surface area contributed by atoms with Gasteiger partial charge in [0.2, 0.25) is 0 Å². The van der Waals surface area contributed by atoms with Gasteiger partial charge in [0.05, 0.1) is 11.3 Å². The van der Waals surface area contributed by atoms with Gasteiger partial charge in [0.1, 0.15) is 5.75 Å². The summed E-state index contributed by atoms with van der Waals surface area (Å²) in [6.07, 6.45) is 2.06. The molecule has 2 N–H and O–H groups in total. The molecule has 182 valence electrons. The molecule has 0 unspecified atom stereocenters. The summed E-state index contributed by atoms with van der Waals surface area (Å²) >= 11 is 0. The lowest BCUT2D eigenvalue weighted by atomic mass is 10.0. The Morgan fingerprint density at radius 3 is 2.19 bits per heavy atom. The van der Waals surface area contributed by atoms with Crippen LogP contribution in [0.4, 0.5) is 5.69 Å². The Bertz CT molecular complexity index is 1340. The molecular weight excluding hydrogens is 460 g/mol. The molecule has 36 heavy (non-hydrogen) atoms. The van der Waals surface area contributed by atoms with Crippen LogP contribution in [0.5, 0.6) is 5.75 Å². The highest BCUT2D eigenvalue weighted by molar-refractivity contribution is 5.99. The topological polar surface area (TPSA) is 113 Å². The van der Waals surface area contributed by atoms with Crippen molar-refractivity contribution in [2.75, 3.05) is 11.9 Å². The van der Waals surface area contributed by atoms with Crippen molar-refractivity contribution in [2.45, 2.75) is 31.8 Å². The van der Waals surface area contributed by atoms with Crippen molar-refractivity contribution >= 4 is 29.3 Å². The number of benzene rings is 3. The molecule has 1 aliphatic heterocycles. The fraction of sp³-hybridized carbons (Fsp3) is 0.214. The number of carbonyl (C=O) groups excluding carboxylic acids is 3. The van der Waals surface area contributed by atoms with Crippen molar-refractivity contribution in [3.8, 4) is 5.75 Å². The zero-order valence-electron chi connectivity index (χ0n) is 19.4. The quantitative estimate of drug-likeness (QED) is 0.468. The lowest BCUT2D eigenvalue weighted by Gasteiger charge is -2.24. The van der Waals surface area contributed by atoms with E-state index in [0.29, 0.717) is 29.1 Å². The van der Waals surface area contributed by atoms with Crippen LogP contribution in [0.15, 0.2) is 66.7 Å². The number of fused-ring (bicyclic) bond motifs is 1. The van der Waals surface area contributed by atoms with Gasteiger partial charge in [-0.2, -0.15) is 0 Å². The van der Waals surface area contributed by atoms with Crippen LogP contribution in [-0.2, 0) is 17.8 Å². The number of anilines is 1. The standard InChI is InChI=1S/C28H24N2O6/c31-24(13-17-1-7-20(8-2-17)28(34)35)19-5-3-18(4-6-19)15-30(22-10-11-22)27(33)21-9-12-23-25(14-21)36-16-26(32)29-23/h1-9,12,14,22H,10-11,13,15-16H2,(H,29,32)(H,34,35). The van der Waals surface area contributed by atoms with Crippen molar-refractivity contribution in [1.29, 1.82) is 0 Å². The van der Waals surface area contributed by atoms with Gasteiger partial charge in [0, 0.05) is 30.1 Å². The molecule has 2 aliphatic rings. The summed E-state index contributed by atoms with van der Waals surface area (Å²) in [7, 11) is 0. The number of carboxylic acid groups (broad SMARTS) is 1. The molecule has 1 fully saturated rings. The number of hydrogen-bond donors (Lipinski definition) is 2. The van der Waals surface area contributed by atoms with E-state index in [0.717, 1.165) is 24.0 Å². The van der Waals surface area contributed by atoms with E-state index in [1.54, 1.807) is 42.5 Å². The fourth-order valence-electron chi connectivity index (χ4n) is 4.17. The zero-order valence-corrected chi connectivity index (χ0v) is 19.4. The van der Waals surface area contributed by atoms with Crippen molar-refractivity contribution in [3.63, 3.8) is 0 Å². The number of aromatic carboxylic acids is 1. The highest BCUT2D eigenvalue weighted by atomic mass is 16.5. The average Bonchev–Trinajstić information content (AvgIpc) is 3.72.